The van der Waals surface area contributed by atoms with Crippen LogP contribution in [0.15, 0.2) is 0 Å². The Hall–Kier alpha value is -0.0900. The largest absolute Gasteiger partial charge is 0.353 e. The third kappa shape index (κ3) is 6.38. The van der Waals surface area contributed by atoms with Gasteiger partial charge in [-0.25, -0.2) is 0 Å². The van der Waals surface area contributed by atoms with Gasteiger partial charge >= 0.3 is 0 Å². The standard InChI is InChI=1S/C9H18ClNO2S/c1-7(6-10)9(12)11-8(2)4-5-14(3)13/h7-8H,4-6H2,1-3H3,(H,11,12). The van der Waals surface area contributed by atoms with Crippen molar-refractivity contribution < 1.29 is 9.00 Å². The number of hydrogen-bond acceptors (Lipinski definition) is 2. The minimum Gasteiger partial charge on any atom is -0.353 e. The number of nitrogens with one attached hydrogen (secondary N) is 1. The molecule has 0 aliphatic carbocycles. The minimum atomic E-state index is -0.791. The van der Waals surface area contributed by atoms with Crippen LogP contribution in [-0.4, -0.2) is 34.0 Å². The van der Waals surface area contributed by atoms with Gasteiger partial charge in [-0.15, -0.1) is 11.6 Å². The van der Waals surface area contributed by atoms with Gasteiger partial charge in [0.2, 0.25) is 5.91 Å². The summed E-state index contributed by atoms with van der Waals surface area (Å²) >= 11 is 5.55. The summed E-state index contributed by atoms with van der Waals surface area (Å²) in [6.45, 7) is 3.69. The molecular weight excluding hydrogens is 222 g/mol. The summed E-state index contributed by atoms with van der Waals surface area (Å²) in [7, 11) is -0.791. The van der Waals surface area contributed by atoms with E-state index in [1.165, 1.54) is 0 Å². The Morgan fingerprint density at radius 2 is 2.07 bits per heavy atom. The van der Waals surface area contributed by atoms with Gasteiger partial charge in [0.1, 0.15) is 0 Å². The molecule has 3 nitrogen and oxygen atoms in total. The van der Waals surface area contributed by atoms with Crippen molar-refractivity contribution in [1.82, 2.24) is 5.32 Å². The molecule has 0 bridgehead atoms. The van der Waals surface area contributed by atoms with Crippen LogP contribution in [0.5, 0.6) is 0 Å². The third-order valence-electron chi connectivity index (χ3n) is 1.91. The van der Waals surface area contributed by atoms with Crippen LogP contribution >= 0.6 is 11.6 Å². The molecule has 0 aromatic heterocycles. The monoisotopic (exact) mass is 239 g/mol. The Kier molecular flexibility index (Phi) is 7.19. The first-order valence-corrected chi connectivity index (χ1v) is 6.90. The molecule has 5 heteroatoms. The molecule has 0 aliphatic rings. The van der Waals surface area contributed by atoms with Crippen LogP contribution in [0.2, 0.25) is 0 Å². The number of alkyl halides is 1. The van der Waals surface area contributed by atoms with Crippen molar-refractivity contribution in [2.45, 2.75) is 26.3 Å². The predicted molar refractivity (Wildman–Crippen MR) is 61.0 cm³/mol. The van der Waals surface area contributed by atoms with Crippen LogP contribution in [0.25, 0.3) is 0 Å². The molecule has 84 valence electrons. The van der Waals surface area contributed by atoms with Gasteiger partial charge < -0.3 is 5.32 Å². The van der Waals surface area contributed by atoms with Crippen LogP contribution in [0.4, 0.5) is 0 Å². The van der Waals surface area contributed by atoms with Gasteiger partial charge in [-0.2, -0.15) is 0 Å². The fourth-order valence-electron chi connectivity index (χ4n) is 0.870. The average molecular weight is 240 g/mol. The number of amides is 1. The summed E-state index contributed by atoms with van der Waals surface area (Å²) in [5.41, 5.74) is 0. The number of carbonyl (C=O) groups is 1. The molecule has 0 rings (SSSR count). The summed E-state index contributed by atoms with van der Waals surface area (Å²) in [4.78, 5) is 11.4. The van der Waals surface area contributed by atoms with Gasteiger partial charge in [0.05, 0.1) is 0 Å². The van der Waals surface area contributed by atoms with E-state index in [2.05, 4.69) is 5.32 Å². The van der Waals surface area contributed by atoms with Gasteiger partial charge in [-0.1, -0.05) is 6.92 Å². The highest BCUT2D eigenvalue weighted by Crippen LogP contribution is 2.00. The number of carbonyl (C=O) groups excluding carboxylic acids is 1. The van der Waals surface area contributed by atoms with Crippen molar-refractivity contribution in [1.29, 1.82) is 0 Å². The summed E-state index contributed by atoms with van der Waals surface area (Å²) in [5, 5.41) is 2.83. The van der Waals surface area contributed by atoms with E-state index in [4.69, 9.17) is 11.6 Å². The fraction of sp³-hybridized carbons (Fsp3) is 0.889. The molecule has 0 saturated heterocycles. The first-order valence-electron chi connectivity index (χ1n) is 4.63. The lowest BCUT2D eigenvalue weighted by Crippen LogP contribution is -2.37. The van der Waals surface area contributed by atoms with Crippen LogP contribution < -0.4 is 5.32 Å². The van der Waals surface area contributed by atoms with Crippen molar-refractivity contribution in [3.8, 4) is 0 Å². The van der Waals surface area contributed by atoms with E-state index in [-0.39, 0.29) is 17.9 Å². The second-order valence-corrected chi connectivity index (χ2v) is 5.39. The van der Waals surface area contributed by atoms with Gasteiger partial charge in [0.25, 0.3) is 0 Å². The maximum absolute atomic E-state index is 11.4. The van der Waals surface area contributed by atoms with E-state index in [9.17, 15) is 9.00 Å². The highest BCUT2D eigenvalue weighted by atomic mass is 35.5. The van der Waals surface area contributed by atoms with Gasteiger partial charge in [0, 0.05) is 40.6 Å². The molecule has 14 heavy (non-hydrogen) atoms. The van der Waals surface area contributed by atoms with Crippen molar-refractivity contribution in [3.63, 3.8) is 0 Å². The second kappa shape index (κ2) is 7.23. The van der Waals surface area contributed by atoms with E-state index >= 15 is 0 Å². The molecule has 3 unspecified atom stereocenters. The van der Waals surface area contributed by atoms with Gasteiger partial charge in [-0.3, -0.25) is 9.00 Å². The highest BCUT2D eigenvalue weighted by Gasteiger charge is 2.13. The summed E-state index contributed by atoms with van der Waals surface area (Å²) in [6, 6.07) is 0.0667. The molecule has 0 aliphatic heterocycles. The number of rotatable bonds is 6. The topological polar surface area (TPSA) is 46.2 Å². The van der Waals surface area contributed by atoms with Crippen molar-refractivity contribution >= 4 is 28.3 Å². The lowest BCUT2D eigenvalue weighted by molar-refractivity contribution is -0.124. The van der Waals surface area contributed by atoms with Crippen LogP contribution in [0.1, 0.15) is 20.3 Å². The zero-order valence-electron chi connectivity index (χ0n) is 8.88. The zero-order chi connectivity index (χ0) is 11.1. The minimum absolute atomic E-state index is 0.0330. The van der Waals surface area contributed by atoms with Crippen molar-refractivity contribution in [2.75, 3.05) is 17.9 Å². The van der Waals surface area contributed by atoms with Crippen LogP contribution in [0.3, 0.4) is 0 Å². The molecule has 0 saturated carbocycles. The Labute approximate surface area is 93.0 Å². The quantitative estimate of drug-likeness (QED) is 0.707. The van der Waals surface area contributed by atoms with Crippen molar-refractivity contribution in [3.05, 3.63) is 0 Å². The normalized spacial score (nSPS) is 17.1. The second-order valence-electron chi connectivity index (χ2n) is 3.53. The van der Waals surface area contributed by atoms with Gasteiger partial charge in [0.15, 0.2) is 0 Å². The molecule has 0 spiro atoms. The molecular formula is C9H18ClNO2S. The average Bonchev–Trinajstić information content (AvgIpc) is 2.13. The van der Waals surface area contributed by atoms with E-state index in [1.54, 1.807) is 13.2 Å². The lowest BCUT2D eigenvalue weighted by atomic mass is 10.2. The highest BCUT2D eigenvalue weighted by molar-refractivity contribution is 7.84. The van der Waals surface area contributed by atoms with Crippen molar-refractivity contribution in [2.24, 2.45) is 5.92 Å². The lowest BCUT2D eigenvalue weighted by Gasteiger charge is -2.15. The molecule has 0 fully saturated rings. The predicted octanol–water partition coefficient (Wildman–Crippen LogP) is 1.13. The van der Waals surface area contributed by atoms with E-state index in [0.717, 1.165) is 6.42 Å². The SMILES string of the molecule is CC(CCS(C)=O)NC(=O)C(C)CCl. The van der Waals surface area contributed by atoms with Crippen LogP contribution in [-0.2, 0) is 15.6 Å². The fourth-order valence-corrected chi connectivity index (χ4v) is 1.70. The molecule has 3 atom stereocenters. The maximum Gasteiger partial charge on any atom is 0.224 e. The van der Waals surface area contributed by atoms with Crippen LogP contribution in [0, 0.1) is 5.92 Å². The van der Waals surface area contributed by atoms with E-state index in [0.29, 0.717) is 11.6 Å². The number of hydrogen-bond donors (Lipinski definition) is 1. The molecule has 0 radical (unpaired) electrons. The first-order chi connectivity index (χ1) is 6.47. The van der Waals surface area contributed by atoms with E-state index in [1.807, 2.05) is 6.92 Å². The maximum atomic E-state index is 11.4. The first kappa shape index (κ1) is 13.9. The summed E-state index contributed by atoms with van der Waals surface area (Å²) < 4.78 is 10.8. The Morgan fingerprint density at radius 1 is 1.50 bits per heavy atom. The Morgan fingerprint density at radius 3 is 2.50 bits per heavy atom. The third-order valence-corrected chi connectivity index (χ3v) is 3.18. The summed E-state index contributed by atoms with van der Waals surface area (Å²) in [6.07, 6.45) is 2.40. The molecule has 1 N–H and O–H groups in total. The smallest absolute Gasteiger partial charge is 0.224 e. The summed E-state index contributed by atoms with van der Waals surface area (Å²) in [5.74, 6) is 0.759. The van der Waals surface area contributed by atoms with Gasteiger partial charge in [-0.05, 0) is 13.3 Å². The molecule has 0 heterocycles. The molecule has 0 aromatic carbocycles. The Bertz CT molecular complexity index is 211. The van der Waals surface area contributed by atoms with E-state index < -0.39 is 10.8 Å². The molecule has 1 amide bonds. The zero-order valence-corrected chi connectivity index (χ0v) is 10.5. The Balaban J connectivity index is 3.76. The number of halogens is 1. The molecule has 0 aromatic rings.